The van der Waals surface area contributed by atoms with Gasteiger partial charge in [0, 0.05) is 0 Å². The maximum absolute atomic E-state index is 13.8. The van der Waals surface area contributed by atoms with Crippen LogP contribution in [0.4, 0.5) is 8.78 Å². The van der Waals surface area contributed by atoms with E-state index in [-0.39, 0.29) is 12.3 Å². The highest BCUT2D eigenvalue weighted by molar-refractivity contribution is 5.88. The van der Waals surface area contributed by atoms with E-state index in [9.17, 15) is 18.4 Å². The molecule has 0 aliphatic rings. The summed E-state index contributed by atoms with van der Waals surface area (Å²) in [5, 5.41) is 0. The number of hydrogen-bond donors (Lipinski definition) is 0. The van der Waals surface area contributed by atoms with Crippen LogP contribution in [0.25, 0.3) is 0 Å². The molecule has 0 radical (unpaired) electrons. The molecule has 0 N–H and O–H groups in total. The summed E-state index contributed by atoms with van der Waals surface area (Å²) in [7, 11) is 0. The van der Waals surface area contributed by atoms with E-state index in [1.807, 2.05) is 0 Å². The van der Waals surface area contributed by atoms with Crippen molar-refractivity contribution >= 4 is 11.9 Å². The lowest BCUT2D eigenvalue weighted by Gasteiger charge is -2.19. The third kappa shape index (κ3) is 4.44. The Kier molecular flexibility index (Phi) is 4.93. The molecule has 1 aromatic rings. The molecule has 0 fully saturated rings. The van der Waals surface area contributed by atoms with Crippen LogP contribution in [0.2, 0.25) is 0 Å². The fraction of sp³-hybridized carbons (Fsp3) is 0.538. The first-order valence-corrected chi connectivity index (χ1v) is 6.19. The molecule has 1 aromatic heterocycles. The van der Waals surface area contributed by atoms with Crippen LogP contribution < -0.4 is 0 Å². The highest BCUT2D eigenvalue weighted by atomic mass is 19.3. The van der Waals surface area contributed by atoms with Gasteiger partial charge in [0.1, 0.15) is 17.6 Å². The summed E-state index contributed by atoms with van der Waals surface area (Å²) >= 11 is 0. The monoisotopic (exact) mass is 302 g/mol. The van der Waals surface area contributed by atoms with Crippen LogP contribution in [0, 0.1) is 0 Å². The maximum atomic E-state index is 13.8. The van der Waals surface area contributed by atoms with Gasteiger partial charge in [-0.05, 0) is 33.8 Å². The van der Waals surface area contributed by atoms with E-state index in [0.717, 1.165) is 6.33 Å². The fourth-order valence-electron chi connectivity index (χ4n) is 1.30. The van der Waals surface area contributed by atoms with E-state index >= 15 is 0 Å². The molecule has 0 amide bonds. The van der Waals surface area contributed by atoms with Crippen molar-refractivity contribution < 1.29 is 27.8 Å². The number of alkyl halides is 2. The van der Waals surface area contributed by atoms with Crippen LogP contribution in [-0.2, 0) is 20.2 Å². The molecule has 0 spiro atoms. The Bertz CT molecular complexity index is 541. The Morgan fingerprint density at radius 1 is 1.24 bits per heavy atom. The first-order chi connectivity index (χ1) is 9.58. The smallest absolute Gasteiger partial charge is 0.384 e. The first-order valence-electron chi connectivity index (χ1n) is 6.19. The van der Waals surface area contributed by atoms with Gasteiger partial charge in [0.2, 0.25) is 0 Å². The second-order valence-electron chi connectivity index (χ2n) is 5.09. The zero-order valence-electron chi connectivity index (χ0n) is 12.1. The highest BCUT2D eigenvalue weighted by Crippen LogP contribution is 2.28. The van der Waals surface area contributed by atoms with E-state index in [4.69, 9.17) is 4.74 Å². The lowest BCUT2D eigenvalue weighted by Crippen LogP contribution is -2.30. The second-order valence-corrected chi connectivity index (χ2v) is 5.09. The van der Waals surface area contributed by atoms with Gasteiger partial charge in [-0.3, -0.25) is 0 Å². The molecule has 0 unspecified atom stereocenters. The number of halogens is 2. The number of carbonyl (C=O) groups is 2. The Morgan fingerprint density at radius 3 is 2.38 bits per heavy atom. The third-order valence-electron chi connectivity index (χ3n) is 2.13. The molecule has 0 aromatic carbocycles. The van der Waals surface area contributed by atoms with Gasteiger partial charge in [0.05, 0.1) is 6.61 Å². The molecule has 0 atom stereocenters. The van der Waals surface area contributed by atoms with Crippen molar-refractivity contribution in [2.45, 2.75) is 39.2 Å². The van der Waals surface area contributed by atoms with E-state index in [1.165, 1.54) is 6.92 Å². The van der Waals surface area contributed by atoms with Crippen LogP contribution in [0.3, 0.4) is 0 Å². The molecule has 0 saturated carbocycles. The van der Waals surface area contributed by atoms with E-state index in [1.54, 1.807) is 20.8 Å². The summed E-state index contributed by atoms with van der Waals surface area (Å²) < 4.78 is 36.9. The Hall–Kier alpha value is -2.12. The molecular weight excluding hydrogens is 286 g/mol. The molecule has 0 aliphatic heterocycles. The third-order valence-corrected chi connectivity index (χ3v) is 2.13. The molecule has 1 heterocycles. The fourth-order valence-corrected chi connectivity index (χ4v) is 1.30. The Balaban J connectivity index is 3.05. The number of carbonyl (C=O) groups excluding carboxylic acids is 2. The quantitative estimate of drug-likeness (QED) is 0.792. The van der Waals surface area contributed by atoms with Crippen molar-refractivity contribution in [2.24, 2.45) is 0 Å². The normalized spacial score (nSPS) is 11.9. The Morgan fingerprint density at radius 2 is 1.86 bits per heavy atom. The number of hydrogen-bond acceptors (Lipinski definition) is 6. The summed E-state index contributed by atoms with van der Waals surface area (Å²) in [5.41, 5.74) is -2.08. The van der Waals surface area contributed by atoms with Crippen molar-refractivity contribution in [1.29, 1.82) is 0 Å². The largest absolute Gasteiger partial charge is 0.461 e. The molecule has 0 saturated heterocycles. The summed E-state index contributed by atoms with van der Waals surface area (Å²) in [6, 6.07) is 0.713. The predicted molar refractivity (Wildman–Crippen MR) is 67.7 cm³/mol. The minimum Gasteiger partial charge on any atom is -0.461 e. The van der Waals surface area contributed by atoms with Gasteiger partial charge in [0.25, 0.3) is 0 Å². The molecule has 6 nitrogen and oxygen atoms in total. The highest BCUT2D eigenvalue weighted by Gasteiger charge is 2.44. The average Bonchev–Trinajstić information content (AvgIpc) is 2.37. The van der Waals surface area contributed by atoms with Gasteiger partial charge in [0.15, 0.2) is 5.69 Å². The van der Waals surface area contributed by atoms with Gasteiger partial charge in [-0.15, -0.1) is 0 Å². The average molecular weight is 302 g/mol. The van der Waals surface area contributed by atoms with Crippen LogP contribution in [0.1, 0.15) is 43.9 Å². The van der Waals surface area contributed by atoms with E-state index in [0.29, 0.717) is 6.07 Å². The minimum atomic E-state index is -3.96. The maximum Gasteiger partial charge on any atom is 0.384 e. The minimum absolute atomic E-state index is 0.196. The van der Waals surface area contributed by atoms with Gasteiger partial charge in [-0.25, -0.2) is 19.6 Å². The van der Waals surface area contributed by atoms with E-state index in [2.05, 4.69) is 14.7 Å². The number of nitrogens with zero attached hydrogens (tertiary/aromatic N) is 2. The molecule has 0 bridgehead atoms. The topological polar surface area (TPSA) is 78.4 Å². The van der Waals surface area contributed by atoms with Crippen LogP contribution in [0.5, 0.6) is 0 Å². The number of aromatic nitrogens is 2. The van der Waals surface area contributed by atoms with Gasteiger partial charge >= 0.3 is 17.9 Å². The van der Waals surface area contributed by atoms with Crippen LogP contribution in [0.15, 0.2) is 12.4 Å². The molecule has 0 aliphatic carbocycles. The number of esters is 2. The van der Waals surface area contributed by atoms with Crippen molar-refractivity contribution in [3.05, 3.63) is 23.8 Å². The van der Waals surface area contributed by atoms with Crippen molar-refractivity contribution in [3.63, 3.8) is 0 Å². The first kappa shape index (κ1) is 16.9. The number of rotatable bonds is 4. The molecule has 8 heteroatoms. The zero-order chi connectivity index (χ0) is 16.3. The van der Waals surface area contributed by atoms with Crippen molar-refractivity contribution in [3.8, 4) is 0 Å². The number of ether oxygens (including phenoxy) is 2. The molecular formula is C13H16F2N2O4. The summed E-state index contributed by atoms with van der Waals surface area (Å²) in [5.74, 6) is -6.58. The van der Waals surface area contributed by atoms with Gasteiger partial charge < -0.3 is 9.47 Å². The van der Waals surface area contributed by atoms with Crippen LogP contribution >= 0.6 is 0 Å². The van der Waals surface area contributed by atoms with Crippen LogP contribution in [-0.4, -0.2) is 34.1 Å². The van der Waals surface area contributed by atoms with E-state index < -0.39 is 29.2 Å². The predicted octanol–water partition coefficient (Wildman–Crippen LogP) is 2.09. The molecule has 21 heavy (non-hydrogen) atoms. The Labute approximate surface area is 120 Å². The summed E-state index contributed by atoms with van der Waals surface area (Å²) in [6.07, 6.45) is 0.766. The van der Waals surface area contributed by atoms with Crippen molar-refractivity contribution in [1.82, 2.24) is 9.97 Å². The summed E-state index contributed by atoms with van der Waals surface area (Å²) in [6.45, 7) is 6.08. The standard InChI is InChI=1S/C13H16F2N2O4/c1-5-20-11(19)13(14,15)9-6-8(16-7-17-9)10(18)21-12(2,3)4/h6-7H,5H2,1-4H3. The SMILES string of the molecule is CCOC(=O)C(F)(F)c1cc(C(=O)OC(C)(C)C)ncn1. The lowest BCUT2D eigenvalue weighted by molar-refractivity contribution is -0.173. The van der Waals surface area contributed by atoms with Crippen molar-refractivity contribution in [2.75, 3.05) is 6.61 Å². The van der Waals surface area contributed by atoms with Gasteiger partial charge in [-0.1, -0.05) is 0 Å². The lowest BCUT2D eigenvalue weighted by atomic mass is 10.2. The second kappa shape index (κ2) is 6.11. The molecule has 116 valence electrons. The molecule has 1 rings (SSSR count). The van der Waals surface area contributed by atoms with Gasteiger partial charge in [-0.2, -0.15) is 8.78 Å². The zero-order valence-corrected chi connectivity index (χ0v) is 12.1. The summed E-state index contributed by atoms with van der Waals surface area (Å²) in [4.78, 5) is 29.9.